The van der Waals surface area contributed by atoms with Crippen LogP contribution in [0.5, 0.6) is 5.75 Å². The normalized spacial score (nSPS) is 11.6. The number of rotatable bonds is 5. The van der Waals surface area contributed by atoms with Crippen LogP contribution in [-0.2, 0) is 16.3 Å². The van der Waals surface area contributed by atoms with E-state index < -0.39 is 9.84 Å². The molecule has 0 atom stereocenters. The van der Waals surface area contributed by atoms with Crippen molar-refractivity contribution in [1.29, 1.82) is 0 Å². The van der Waals surface area contributed by atoms with Crippen LogP contribution < -0.4 is 10.2 Å². The highest BCUT2D eigenvalue weighted by Gasteiger charge is 2.18. The molecule has 0 bridgehead atoms. The summed E-state index contributed by atoms with van der Waals surface area (Å²) in [6.07, 6.45) is 1.96. The Morgan fingerprint density at radius 2 is 1.61 bits per heavy atom. The van der Waals surface area contributed by atoms with Crippen molar-refractivity contribution in [3.05, 3.63) is 82.5 Å². The summed E-state index contributed by atoms with van der Waals surface area (Å²) >= 11 is 1.53. The molecule has 158 valence electrons. The number of ether oxygens (including phenoxy) is 1. The van der Waals surface area contributed by atoms with Crippen molar-refractivity contribution in [3.63, 3.8) is 0 Å². The summed E-state index contributed by atoms with van der Waals surface area (Å²) in [5, 5.41) is 0.674. The number of methoxy groups -OCH3 is 1. The van der Waals surface area contributed by atoms with E-state index in [0.29, 0.717) is 10.9 Å². The molecule has 0 unspecified atom stereocenters. The van der Waals surface area contributed by atoms with Crippen molar-refractivity contribution in [3.8, 4) is 27.3 Å². The smallest absolute Gasteiger partial charge is 0.196 e. The zero-order valence-corrected chi connectivity index (χ0v) is 19.1. The largest absolute Gasteiger partial charge is 0.496 e. The Morgan fingerprint density at radius 3 is 2.26 bits per heavy atom. The topological polar surface area (TPSA) is 60.4 Å². The highest BCUT2D eigenvalue weighted by atomic mass is 32.2. The zero-order chi connectivity index (χ0) is 22.2. The molecule has 4 nitrogen and oxygen atoms in total. The first kappa shape index (κ1) is 21.3. The summed E-state index contributed by atoms with van der Waals surface area (Å²) in [4.78, 5) is 14.7. The fraction of sp³-hybridized carbons (Fsp3) is 0.160. The predicted molar refractivity (Wildman–Crippen MR) is 128 cm³/mol. The van der Waals surface area contributed by atoms with E-state index in [-0.39, 0.29) is 10.3 Å². The van der Waals surface area contributed by atoms with Crippen LogP contribution >= 0.6 is 11.3 Å². The van der Waals surface area contributed by atoms with E-state index >= 15 is 0 Å². The van der Waals surface area contributed by atoms with E-state index in [1.54, 1.807) is 31.4 Å². The molecule has 31 heavy (non-hydrogen) atoms. The molecule has 0 aliphatic carbocycles. The lowest BCUT2D eigenvalue weighted by atomic mass is 9.97. The molecular formula is C25H22O4S2. The van der Waals surface area contributed by atoms with Crippen molar-refractivity contribution in [2.75, 3.05) is 13.4 Å². The van der Waals surface area contributed by atoms with Gasteiger partial charge < -0.3 is 4.74 Å². The third-order valence-corrected chi connectivity index (χ3v) is 7.64. The van der Waals surface area contributed by atoms with Crippen molar-refractivity contribution in [1.82, 2.24) is 0 Å². The van der Waals surface area contributed by atoms with Gasteiger partial charge in [-0.25, -0.2) is 8.42 Å². The van der Waals surface area contributed by atoms with Gasteiger partial charge in [-0.15, -0.1) is 11.3 Å². The molecule has 0 N–H and O–H groups in total. The first-order chi connectivity index (χ1) is 14.8. The minimum absolute atomic E-state index is 0.0382. The second-order valence-electron chi connectivity index (χ2n) is 7.31. The molecule has 3 aromatic carbocycles. The van der Waals surface area contributed by atoms with Crippen LogP contribution in [0.25, 0.3) is 31.7 Å². The average Bonchev–Trinajstić information content (AvgIpc) is 2.78. The van der Waals surface area contributed by atoms with Gasteiger partial charge in [-0.1, -0.05) is 37.3 Å². The number of hydrogen-bond donors (Lipinski definition) is 0. The van der Waals surface area contributed by atoms with Crippen LogP contribution in [0.1, 0.15) is 12.5 Å². The number of aryl methyl sites for hydroxylation is 1. The molecule has 1 aromatic heterocycles. The Kier molecular flexibility index (Phi) is 5.69. The van der Waals surface area contributed by atoms with Gasteiger partial charge >= 0.3 is 0 Å². The molecule has 0 saturated heterocycles. The Morgan fingerprint density at radius 1 is 0.935 bits per heavy atom. The van der Waals surface area contributed by atoms with Gasteiger partial charge in [0, 0.05) is 26.8 Å². The second kappa shape index (κ2) is 8.29. The fourth-order valence-corrected chi connectivity index (χ4v) is 5.51. The highest BCUT2D eigenvalue weighted by Crippen LogP contribution is 2.38. The number of fused-ring (bicyclic) bond motifs is 1. The summed E-state index contributed by atoms with van der Waals surface area (Å²) in [6, 6.07) is 20.1. The first-order valence-corrected chi connectivity index (χ1v) is 12.6. The summed E-state index contributed by atoms with van der Waals surface area (Å²) in [5.41, 5.74) is 3.24. The monoisotopic (exact) mass is 450 g/mol. The molecule has 0 saturated carbocycles. The molecule has 0 aliphatic rings. The summed E-state index contributed by atoms with van der Waals surface area (Å²) < 4.78 is 30.1. The Labute approximate surface area is 185 Å². The number of hydrogen-bond acceptors (Lipinski definition) is 5. The molecule has 0 spiro atoms. The van der Waals surface area contributed by atoms with Gasteiger partial charge in [-0.05, 0) is 59.5 Å². The third-order valence-electron chi connectivity index (χ3n) is 5.29. The molecule has 4 rings (SSSR count). The minimum atomic E-state index is -3.30. The molecular weight excluding hydrogens is 428 g/mol. The Bertz CT molecular complexity index is 1430. The fourth-order valence-electron chi connectivity index (χ4n) is 3.67. The van der Waals surface area contributed by atoms with Crippen molar-refractivity contribution < 1.29 is 13.2 Å². The maximum absolute atomic E-state index is 13.6. The lowest BCUT2D eigenvalue weighted by Crippen LogP contribution is -2.07. The molecule has 0 amide bonds. The van der Waals surface area contributed by atoms with Gasteiger partial charge in [0.2, 0.25) is 0 Å². The van der Waals surface area contributed by atoms with E-state index in [4.69, 9.17) is 4.74 Å². The Balaban J connectivity index is 2.02. The summed E-state index contributed by atoms with van der Waals surface area (Å²) in [6.45, 7) is 2.05. The highest BCUT2D eigenvalue weighted by molar-refractivity contribution is 7.90. The molecule has 6 heteroatoms. The van der Waals surface area contributed by atoms with Crippen LogP contribution in [0.2, 0.25) is 0 Å². The van der Waals surface area contributed by atoms with E-state index in [2.05, 4.69) is 0 Å². The van der Waals surface area contributed by atoms with Crippen LogP contribution in [-0.4, -0.2) is 21.8 Å². The van der Waals surface area contributed by atoms with Crippen LogP contribution in [0.3, 0.4) is 0 Å². The molecule has 0 radical (unpaired) electrons. The number of benzene rings is 3. The lowest BCUT2D eigenvalue weighted by Gasteiger charge is -2.14. The standard InChI is InChI=1S/C25H22O4S2/c1-4-16-15-18(11-14-21(16)29-2)23-24(26)20-7-5-6-8-22(20)30-25(23)17-9-12-19(13-10-17)31(3,27)28/h5-15H,4H2,1-3H3. The minimum Gasteiger partial charge on any atom is -0.496 e. The predicted octanol–water partition coefficient (Wildman–Crippen LogP) is 5.57. The summed E-state index contributed by atoms with van der Waals surface area (Å²) in [5.74, 6) is 0.794. The van der Waals surface area contributed by atoms with E-state index in [0.717, 1.165) is 38.4 Å². The maximum atomic E-state index is 13.6. The van der Waals surface area contributed by atoms with Crippen molar-refractivity contribution in [2.24, 2.45) is 0 Å². The maximum Gasteiger partial charge on any atom is 0.196 e. The van der Waals surface area contributed by atoms with Gasteiger partial charge in [0.25, 0.3) is 0 Å². The Hall–Kier alpha value is -2.96. The SMILES string of the molecule is CCc1cc(-c2c(-c3ccc(S(C)(=O)=O)cc3)sc3ccccc3c2=O)ccc1OC. The van der Waals surface area contributed by atoms with Crippen LogP contribution in [0.4, 0.5) is 0 Å². The van der Waals surface area contributed by atoms with Crippen molar-refractivity contribution >= 4 is 31.3 Å². The second-order valence-corrected chi connectivity index (χ2v) is 10.4. The quantitative estimate of drug-likeness (QED) is 0.399. The number of sulfone groups is 1. The lowest BCUT2D eigenvalue weighted by molar-refractivity contribution is 0.410. The third kappa shape index (κ3) is 4.01. The average molecular weight is 451 g/mol. The van der Waals surface area contributed by atoms with Gasteiger partial charge in [0.15, 0.2) is 15.3 Å². The molecule has 4 aromatic rings. The van der Waals surface area contributed by atoms with E-state index in [9.17, 15) is 13.2 Å². The van der Waals surface area contributed by atoms with Gasteiger partial charge in [-0.3, -0.25) is 4.79 Å². The van der Waals surface area contributed by atoms with Crippen molar-refractivity contribution in [2.45, 2.75) is 18.2 Å². The van der Waals surface area contributed by atoms with E-state index in [1.807, 2.05) is 49.4 Å². The summed E-state index contributed by atoms with van der Waals surface area (Å²) in [7, 11) is -1.66. The van der Waals surface area contributed by atoms with Crippen LogP contribution in [0, 0.1) is 0 Å². The zero-order valence-electron chi connectivity index (χ0n) is 17.5. The van der Waals surface area contributed by atoms with Gasteiger partial charge in [0.1, 0.15) is 5.75 Å². The first-order valence-electron chi connectivity index (χ1n) is 9.87. The van der Waals surface area contributed by atoms with Gasteiger partial charge in [-0.2, -0.15) is 0 Å². The van der Waals surface area contributed by atoms with Gasteiger partial charge in [0.05, 0.1) is 12.0 Å². The molecule has 0 aliphatic heterocycles. The van der Waals surface area contributed by atoms with E-state index in [1.165, 1.54) is 17.6 Å². The molecule has 1 heterocycles. The van der Waals surface area contributed by atoms with Crippen LogP contribution in [0.15, 0.2) is 76.4 Å². The molecule has 0 fully saturated rings.